The van der Waals surface area contributed by atoms with E-state index in [1.165, 1.54) is 48.9 Å². The number of halogens is 9. The lowest BCUT2D eigenvalue weighted by Gasteiger charge is -2.32. The van der Waals surface area contributed by atoms with E-state index in [0.29, 0.717) is 56.1 Å². The molecule has 32 heteroatoms. The van der Waals surface area contributed by atoms with E-state index < -0.39 is 52.0 Å². The molecule has 0 amide bonds. The zero-order valence-corrected chi connectivity index (χ0v) is 58.7. The highest BCUT2D eigenvalue weighted by atomic mass is 35.5. The van der Waals surface area contributed by atoms with Gasteiger partial charge in [0.1, 0.15) is 19.8 Å². The fourth-order valence-corrected chi connectivity index (χ4v) is 10.9. The van der Waals surface area contributed by atoms with Crippen molar-refractivity contribution in [2.24, 2.45) is 16.2 Å². The number of nitrogens with one attached hydrogen (secondary N) is 1. The molecule has 8 heterocycles. The molecule has 99 heavy (non-hydrogen) atoms. The molecule has 6 aliphatic rings. The van der Waals surface area contributed by atoms with Gasteiger partial charge in [-0.05, 0) is 169 Å². The van der Waals surface area contributed by atoms with Crippen molar-refractivity contribution < 1.29 is 46.2 Å². The number of nitriles is 3. The van der Waals surface area contributed by atoms with E-state index in [1.807, 2.05) is 49.5 Å². The van der Waals surface area contributed by atoms with Gasteiger partial charge in [0.2, 0.25) is 16.5 Å². The summed E-state index contributed by atoms with van der Waals surface area (Å²) < 4.78 is 85.9. The number of nitrogen functional groups attached to an aromatic ring is 1. The summed E-state index contributed by atoms with van der Waals surface area (Å²) in [6, 6.07) is 21.1. The zero-order chi connectivity index (χ0) is 70.7. The van der Waals surface area contributed by atoms with Crippen molar-refractivity contribution in [2.45, 2.75) is 115 Å². The standard InChI is InChI=1S/C23H22ClFN6O2.C17H21BFNO3.C15H10Cl2FN3O.C8H13N3O.C4HCl3N2/c24-18-11-27-22(29-16-10-28-31(12-16)17-3-7-32-8-4-17)30-21(18)15-1-2-20(19(25)9-15)33-14-23(13-26)5-6-23;1-15(2)16(3,4)23-18(22-15)12-5-6-14(13(19)9-12)21-11-17(10-20)7-8-17;16-10-6-20-14(17)21-13(10)9-1-2-12(11(18)5-9)22-8-15(7-19)3-4-15;9-7-5-10-11(6-7)8-1-3-12-4-2-8;5-2-1-8-4(7)9-3(2)6/h1-2,9-12,17H,3-8,14H2,(H,27,29,30);5-6,9H,7-8,11H2,1-4H3;1-2,5-6H,3-4,8H2;5-6,8H,1-4,9H2;1H. The van der Waals surface area contributed by atoms with Gasteiger partial charge in [0.25, 0.3) is 0 Å². The van der Waals surface area contributed by atoms with Crippen molar-refractivity contribution in [2.75, 3.05) is 57.3 Å². The summed E-state index contributed by atoms with van der Waals surface area (Å²) in [6.07, 6.45) is 20.1. The average molecular weight is 1470 g/mol. The number of hydrogen-bond acceptors (Lipinski definition) is 20. The van der Waals surface area contributed by atoms with Crippen LogP contribution < -0.4 is 30.7 Å². The van der Waals surface area contributed by atoms with Gasteiger partial charge in [-0.25, -0.2) is 43.1 Å². The van der Waals surface area contributed by atoms with Crippen LogP contribution in [0.5, 0.6) is 17.2 Å². The van der Waals surface area contributed by atoms with Gasteiger partial charge in [-0.3, -0.25) is 9.36 Å². The first-order valence-electron chi connectivity index (χ1n) is 31.5. The third kappa shape index (κ3) is 19.6. The number of hydrogen-bond donors (Lipinski definition) is 2. The molecule has 0 spiro atoms. The Balaban J connectivity index is 0.000000142. The summed E-state index contributed by atoms with van der Waals surface area (Å²) in [7, 11) is -0.600. The maximum absolute atomic E-state index is 14.7. The van der Waals surface area contributed by atoms with Crippen LogP contribution in [0.25, 0.3) is 22.5 Å². The summed E-state index contributed by atoms with van der Waals surface area (Å²) in [6.45, 7) is 11.6. The minimum Gasteiger partial charge on any atom is -0.489 e. The van der Waals surface area contributed by atoms with Crippen LogP contribution in [0, 0.1) is 67.7 Å². The van der Waals surface area contributed by atoms with E-state index in [2.05, 4.69) is 63.6 Å². The largest absolute Gasteiger partial charge is 0.494 e. The summed E-state index contributed by atoms with van der Waals surface area (Å²) in [5, 5.41) is 40.1. The van der Waals surface area contributed by atoms with Crippen LogP contribution in [0.15, 0.2) is 98.0 Å². The Hall–Kier alpha value is -7.78. The molecule has 0 bridgehead atoms. The van der Waals surface area contributed by atoms with Gasteiger partial charge < -0.3 is 44.0 Å². The number of rotatable bonds is 16. The van der Waals surface area contributed by atoms with Crippen molar-refractivity contribution in [3.63, 3.8) is 0 Å². The number of nitrogens with zero attached hydrogens (tertiary/aromatic N) is 13. The van der Waals surface area contributed by atoms with E-state index in [4.69, 9.17) is 124 Å². The Kier molecular flexibility index (Phi) is 24.1. The molecule has 14 rings (SSSR count). The fraction of sp³-hybridized carbons (Fsp3) is 0.418. The summed E-state index contributed by atoms with van der Waals surface area (Å²) in [4.78, 5) is 23.6. The number of nitrogens with two attached hydrogens (primary N) is 1. The minimum atomic E-state index is -0.600. The molecule has 3 saturated carbocycles. The molecule has 0 atom stereocenters. The summed E-state index contributed by atoms with van der Waals surface area (Å²) in [5.74, 6) is -0.866. The van der Waals surface area contributed by atoms with Gasteiger partial charge in [-0.1, -0.05) is 52.5 Å². The second-order valence-electron chi connectivity index (χ2n) is 25.4. The smallest absolute Gasteiger partial charge is 0.489 e. The maximum Gasteiger partial charge on any atom is 0.494 e. The molecular formula is C67H67BCl6F3N15O7. The predicted molar refractivity (Wildman–Crippen MR) is 368 cm³/mol. The number of aromatic nitrogens is 10. The number of ether oxygens (including phenoxy) is 5. The van der Waals surface area contributed by atoms with E-state index in [1.54, 1.807) is 36.7 Å². The van der Waals surface area contributed by atoms with Crippen molar-refractivity contribution >= 4 is 99.5 Å². The molecule has 3 saturated heterocycles. The second kappa shape index (κ2) is 32.3. The average Bonchev–Trinajstić information content (AvgIpc) is 1.59. The molecule has 22 nitrogen and oxygen atoms in total. The van der Waals surface area contributed by atoms with Crippen LogP contribution in [0.1, 0.15) is 104 Å². The monoisotopic (exact) mass is 1470 g/mol. The Labute approximate surface area is 600 Å². The number of anilines is 3. The molecule has 518 valence electrons. The van der Waals surface area contributed by atoms with Crippen LogP contribution in [0.3, 0.4) is 0 Å². The second-order valence-corrected chi connectivity index (χ2v) is 27.6. The van der Waals surface area contributed by atoms with E-state index in [0.717, 1.165) is 102 Å². The lowest BCUT2D eigenvalue weighted by atomic mass is 9.79. The third-order valence-electron chi connectivity index (χ3n) is 17.4. The van der Waals surface area contributed by atoms with Crippen molar-refractivity contribution in [3.05, 3.63) is 146 Å². The first kappa shape index (κ1) is 73.9. The molecule has 5 aromatic heterocycles. The molecule has 3 aliphatic heterocycles. The maximum atomic E-state index is 14.7. The summed E-state index contributed by atoms with van der Waals surface area (Å²) in [5.41, 5.74) is 7.12. The van der Waals surface area contributed by atoms with Crippen LogP contribution in [0.4, 0.5) is 30.5 Å². The quantitative estimate of drug-likeness (QED) is 0.0516. The van der Waals surface area contributed by atoms with Crippen molar-refractivity contribution in [3.8, 4) is 58.0 Å². The van der Waals surface area contributed by atoms with Crippen molar-refractivity contribution in [1.82, 2.24) is 49.5 Å². The Bertz CT molecular complexity index is 4270. The molecular weight excluding hydrogens is 1410 g/mol. The Morgan fingerprint density at radius 1 is 0.556 bits per heavy atom. The van der Waals surface area contributed by atoms with Crippen LogP contribution in [0.2, 0.25) is 30.8 Å². The molecule has 3 aliphatic carbocycles. The normalized spacial score (nSPS) is 17.9. The lowest BCUT2D eigenvalue weighted by molar-refractivity contribution is 0.00578. The lowest BCUT2D eigenvalue weighted by Crippen LogP contribution is -2.41. The molecule has 8 aromatic rings. The highest BCUT2D eigenvalue weighted by molar-refractivity contribution is 6.62. The Morgan fingerprint density at radius 3 is 1.40 bits per heavy atom. The van der Waals surface area contributed by atoms with Crippen LogP contribution in [-0.4, -0.2) is 114 Å². The van der Waals surface area contributed by atoms with E-state index >= 15 is 0 Å². The Morgan fingerprint density at radius 2 is 0.980 bits per heavy atom. The first-order chi connectivity index (χ1) is 47.3. The highest BCUT2D eigenvalue weighted by Crippen LogP contribution is 2.47. The third-order valence-corrected chi connectivity index (χ3v) is 19.0. The highest BCUT2D eigenvalue weighted by Gasteiger charge is 2.52. The van der Waals surface area contributed by atoms with E-state index in [-0.39, 0.29) is 57.8 Å². The fourth-order valence-electron chi connectivity index (χ4n) is 9.94. The first-order valence-corrected chi connectivity index (χ1v) is 33.8. The van der Waals surface area contributed by atoms with Crippen LogP contribution in [-0.2, 0) is 18.8 Å². The van der Waals surface area contributed by atoms with Gasteiger partial charge in [-0.15, -0.1) is 0 Å². The molecule has 0 unspecified atom stereocenters. The predicted octanol–water partition coefficient (Wildman–Crippen LogP) is 15.2. The van der Waals surface area contributed by atoms with E-state index in [9.17, 15) is 13.2 Å². The van der Waals surface area contributed by atoms with Gasteiger partial charge in [0, 0.05) is 49.9 Å². The molecule has 0 radical (unpaired) electrons. The van der Waals surface area contributed by atoms with Crippen molar-refractivity contribution in [1.29, 1.82) is 15.8 Å². The molecule has 3 aromatic carbocycles. The summed E-state index contributed by atoms with van der Waals surface area (Å²) >= 11 is 34.3. The number of benzene rings is 3. The zero-order valence-electron chi connectivity index (χ0n) is 54.1. The van der Waals surface area contributed by atoms with Gasteiger partial charge in [-0.2, -0.15) is 26.0 Å². The molecule has 6 fully saturated rings. The molecule has 3 N–H and O–H groups in total. The van der Waals surface area contributed by atoms with Gasteiger partial charge >= 0.3 is 7.12 Å². The van der Waals surface area contributed by atoms with Gasteiger partial charge in [0.15, 0.2) is 39.9 Å². The minimum absolute atomic E-state index is 0.0323. The van der Waals surface area contributed by atoms with Gasteiger partial charge in [0.05, 0.1) is 127 Å². The topological polar surface area (TPSA) is 287 Å². The SMILES string of the molecule is CC1(C)OB(c2ccc(OCC3(C#N)CC3)c(F)c2)OC1(C)C.Clc1ncc(Cl)c(Cl)n1.N#CC1(COc2ccc(-c3nc(Cl)ncc3Cl)cc2F)CC1.N#CC1(COc2ccc(-c3nc(Nc4cnn(C5CCOCC5)c4)ncc3Cl)cc2F)CC1.Nc1cnn(C2CCOCC2)c1. The van der Waals surface area contributed by atoms with Crippen LogP contribution >= 0.6 is 69.6 Å².